The normalized spacial score (nSPS) is 14.5. The molecule has 2 aromatic carbocycles. The molecule has 8 nitrogen and oxygen atoms in total. The number of hydrogen-bond donors (Lipinski definition) is 2. The lowest BCUT2D eigenvalue weighted by molar-refractivity contribution is -0.119. The Morgan fingerprint density at radius 3 is 2.44 bits per heavy atom. The van der Waals surface area contributed by atoms with Crippen LogP contribution in [0.15, 0.2) is 29.1 Å². The molecule has 1 aliphatic carbocycles. The van der Waals surface area contributed by atoms with Crippen LogP contribution in [0.5, 0.6) is 17.2 Å². The van der Waals surface area contributed by atoms with Crippen molar-refractivity contribution in [2.45, 2.75) is 25.8 Å². The van der Waals surface area contributed by atoms with E-state index in [0.29, 0.717) is 48.9 Å². The summed E-state index contributed by atoms with van der Waals surface area (Å²) in [5.41, 5.74) is 3.63. The average molecular weight is 443 g/mol. The Kier molecular flexibility index (Phi) is 7.58. The second-order valence-electron chi connectivity index (χ2n) is 7.52. The molecule has 2 N–H and O–H groups in total. The molecule has 172 valence electrons. The number of anilines is 1. The van der Waals surface area contributed by atoms with Crippen molar-refractivity contribution >= 4 is 11.6 Å². The number of carbonyl (C=O) groups is 1. The molecule has 0 unspecified atom stereocenters. The van der Waals surface area contributed by atoms with Gasteiger partial charge in [-0.2, -0.15) is 0 Å². The Labute approximate surface area is 187 Å². The van der Waals surface area contributed by atoms with Crippen molar-refractivity contribution in [3.05, 3.63) is 45.6 Å². The third-order valence-corrected chi connectivity index (χ3v) is 5.54. The molecule has 0 saturated heterocycles. The topological polar surface area (TPSA) is 95.1 Å². The molecule has 0 heterocycles. The van der Waals surface area contributed by atoms with Crippen LogP contribution in [0.1, 0.15) is 30.5 Å². The van der Waals surface area contributed by atoms with Crippen LogP contribution in [0.3, 0.4) is 0 Å². The molecule has 0 saturated carbocycles. The Morgan fingerprint density at radius 2 is 1.81 bits per heavy atom. The van der Waals surface area contributed by atoms with E-state index in [4.69, 9.17) is 18.9 Å². The molecule has 1 atom stereocenters. The van der Waals surface area contributed by atoms with Crippen LogP contribution in [0, 0.1) is 0 Å². The Bertz CT molecular complexity index is 1050. The second-order valence-corrected chi connectivity index (χ2v) is 7.52. The monoisotopic (exact) mass is 442 g/mol. The van der Waals surface area contributed by atoms with Crippen LogP contribution in [0.25, 0.3) is 11.1 Å². The predicted octanol–water partition coefficient (Wildman–Crippen LogP) is 2.92. The van der Waals surface area contributed by atoms with Gasteiger partial charge in [-0.15, -0.1) is 0 Å². The van der Waals surface area contributed by atoms with Crippen LogP contribution in [-0.4, -0.2) is 47.5 Å². The fourth-order valence-electron chi connectivity index (χ4n) is 4.14. The van der Waals surface area contributed by atoms with Crippen molar-refractivity contribution in [2.24, 2.45) is 0 Å². The van der Waals surface area contributed by atoms with Gasteiger partial charge in [0.05, 0.1) is 39.7 Å². The van der Waals surface area contributed by atoms with Gasteiger partial charge in [-0.3, -0.25) is 9.59 Å². The van der Waals surface area contributed by atoms with E-state index in [2.05, 4.69) is 10.6 Å². The summed E-state index contributed by atoms with van der Waals surface area (Å²) < 4.78 is 22.0. The van der Waals surface area contributed by atoms with Gasteiger partial charge >= 0.3 is 0 Å². The summed E-state index contributed by atoms with van der Waals surface area (Å²) in [4.78, 5) is 25.0. The number of hydrogen-bond acceptors (Lipinski definition) is 7. The lowest BCUT2D eigenvalue weighted by Gasteiger charge is -2.19. The van der Waals surface area contributed by atoms with Gasteiger partial charge in [-0.1, -0.05) is 6.07 Å². The minimum atomic E-state index is -0.330. The van der Waals surface area contributed by atoms with E-state index in [1.165, 1.54) is 6.92 Å². The summed E-state index contributed by atoms with van der Waals surface area (Å²) >= 11 is 0. The zero-order valence-electron chi connectivity index (χ0n) is 19.2. The number of nitrogens with one attached hydrogen (secondary N) is 2. The first-order valence-electron chi connectivity index (χ1n) is 10.5. The van der Waals surface area contributed by atoms with Gasteiger partial charge in [-0.05, 0) is 47.7 Å². The van der Waals surface area contributed by atoms with Crippen molar-refractivity contribution in [3.63, 3.8) is 0 Å². The standard InChI is InChI=1S/C24H30N2O6/c1-14(27)26-18-8-6-15-12-21(30-3)23(31-4)24(32-5)22(15)16-7-9-19(25-10-11-29-2)20(28)13-17(16)18/h7,9,12-13,18H,6,8,10-11H2,1-5H3,(H,25,28)(H,26,27)/t18-/m1/s1. The smallest absolute Gasteiger partial charge is 0.217 e. The predicted molar refractivity (Wildman–Crippen MR) is 123 cm³/mol. The third-order valence-electron chi connectivity index (χ3n) is 5.54. The molecule has 0 bridgehead atoms. The first-order chi connectivity index (χ1) is 15.4. The molecule has 32 heavy (non-hydrogen) atoms. The highest BCUT2D eigenvalue weighted by Crippen LogP contribution is 2.50. The SMILES string of the molecule is COCCNc1ccc2c(cc1=O)[C@H](NC(C)=O)CCc1cc(OC)c(OC)c(OC)c1-2. The van der Waals surface area contributed by atoms with E-state index in [-0.39, 0.29) is 17.4 Å². The summed E-state index contributed by atoms with van der Waals surface area (Å²) in [6.45, 7) is 2.45. The lowest BCUT2D eigenvalue weighted by atomic mass is 9.95. The van der Waals surface area contributed by atoms with Crippen LogP contribution in [0.2, 0.25) is 0 Å². The highest BCUT2D eigenvalue weighted by molar-refractivity contribution is 5.83. The maximum Gasteiger partial charge on any atom is 0.217 e. The molecule has 0 spiro atoms. The molecule has 1 amide bonds. The van der Waals surface area contributed by atoms with Gasteiger partial charge in [-0.25, -0.2) is 0 Å². The van der Waals surface area contributed by atoms with Gasteiger partial charge in [0.15, 0.2) is 11.5 Å². The number of methoxy groups -OCH3 is 4. The molecule has 0 aromatic heterocycles. The Balaban J connectivity index is 2.31. The molecule has 0 aliphatic heterocycles. The maximum atomic E-state index is 13.0. The maximum absolute atomic E-state index is 13.0. The largest absolute Gasteiger partial charge is 0.493 e. The van der Waals surface area contributed by atoms with Gasteiger partial charge in [0, 0.05) is 26.1 Å². The van der Waals surface area contributed by atoms with E-state index < -0.39 is 0 Å². The van der Waals surface area contributed by atoms with Crippen LogP contribution in [0.4, 0.5) is 5.69 Å². The molecule has 0 fully saturated rings. The van der Waals surface area contributed by atoms with Gasteiger partial charge in [0.2, 0.25) is 17.1 Å². The van der Waals surface area contributed by atoms with Crippen LogP contribution in [-0.2, 0) is 16.0 Å². The van der Waals surface area contributed by atoms with E-state index in [9.17, 15) is 9.59 Å². The first-order valence-corrected chi connectivity index (χ1v) is 10.5. The zero-order valence-corrected chi connectivity index (χ0v) is 19.2. The molecule has 1 aliphatic rings. The Morgan fingerprint density at radius 1 is 1.06 bits per heavy atom. The summed E-state index contributed by atoms with van der Waals surface area (Å²) in [5, 5.41) is 6.12. The summed E-state index contributed by atoms with van der Waals surface area (Å²) in [6, 6.07) is 6.84. The molecule has 3 rings (SSSR count). The molecular weight excluding hydrogens is 412 g/mol. The van der Waals surface area contributed by atoms with Crippen molar-refractivity contribution in [2.75, 3.05) is 46.9 Å². The fourth-order valence-corrected chi connectivity index (χ4v) is 4.14. The molecule has 8 heteroatoms. The second kappa shape index (κ2) is 10.4. The molecule has 0 radical (unpaired) electrons. The third kappa shape index (κ3) is 4.65. The van der Waals surface area contributed by atoms with Gasteiger partial charge in [0.25, 0.3) is 0 Å². The van der Waals surface area contributed by atoms with Gasteiger partial charge in [0.1, 0.15) is 0 Å². The average Bonchev–Trinajstić information content (AvgIpc) is 3.02. The summed E-state index contributed by atoms with van der Waals surface area (Å²) in [5.74, 6) is 1.41. The minimum Gasteiger partial charge on any atom is -0.493 e. The van der Waals surface area contributed by atoms with E-state index in [1.54, 1.807) is 40.6 Å². The molecular formula is C24H30N2O6. The highest BCUT2D eigenvalue weighted by atomic mass is 16.5. The minimum absolute atomic E-state index is 0.161. The van der Waals surface area contributed by atoms with Crippen molar-refractivity contribution in [1.82, 2.24) is 5.32 Å². The molecule has 2 aromatic rings. The van der Waals surface area contributed by atoms with E-state index >= 15 is 0 Å². The number of ether oxygens (including phenoxy) is 4. The number of benzene rings is 1. The van der Waals surface area contributed by atoms with Crippen molar-refractivity contribution in [1.29, 1.82) is 0 Å². The van der Waals surface area contributed by atoms with Gasteiger partial charge < -0.3 is 29.6 Å². The van der Waals surface area contributed by atoms with E-state index in [0.717, 1.165) is 22.3 Å². The lowest BCUT2D eigenvalue weighted by Crippen LogP contribution is -2.26. The number of carbonyl (C=O) groups excluding carboxylic acids is 1. The Hall–Kier alpha value is -3.26. The van der Waals surface area contributed by atoms with Crippen molar-refractivity contribution < 1.29 is 23.7 Å². The van der Waals surface area contributed by atoms with Crippen LogP contribution < -0.4 is 30.3 Å². The van der Waals surface area contributed by atoms with E-state index in [1.807, 2.05) is 12.1 Å². The summed E-state index contributed by atoms with van der Waals surface area (Å²) in [7, 11) is 6.32. The highest BCUT2D eigenvalue weighted by Gasteiger charge is 2.29. The number of rotatable bonds is 8. The first kappa shape index (κ1) is 23.4. The zero-order chi connectivity index (χ0) is 23.3. The van der Waals surface area contributed by atoms with Crippen LogP contribution >= 0.6 is 0 Å². The fraction of sp³-hybridized carbons (Fsp3) is 0.417. The number of amides is 1. The summed E-state index contributed by atoms with van der Waals surface area (Å²) in [6.07, 6.45) is 1.27. The quantitative estimate of drug-likeness (QED) is 0.607. The van der Waals surface area contributed by atoms with Crippen molar-refractivity contribution in [3.8, 4) is 28.4 Å². The number of fused-ring (bicyclic) bond motifs is 3. The number of aryl methyl sites for hydroxylation is 1.